The van der Waals surface area contributed by atoms with Gasteiger partial charge in [0.05, 0.1) is 12.6 Å². The lowest BCUT2D eigenvalue weighted by molar-refractivity contribution is 0.0975. The number of benzene rings is 2. The van der Waals surface area contributed by atoms with E-state index in [2.05, 4.69) is 15.6 Å². The molecule has 27 heavy (non-hydrogen) atoms. The Bertz CT molecular complexity index is 828. The fraction of sp³-hybridized carbons (Fsp3) is 0.333. The third-order valence-corrected chi connectivity index (χ3v) is 4.70. The average molecular weight is 386 g/mol. The third kappa shape index (κ3) is 5.55. The number of ether oxygens (including phenoxy) is 1. The molecular formula is C21H24ClN3O2. The number of halogens is 1. The van der Waals surface area contributed by atoms with Crippen LogP contribution in [0, 0.1) is 13.8 Å². The van der Waals surface area contributed by atoms with Crippen molar-refractivity contribution in [3.63, 3.8) is 0 Å². The molecule has 5 nitrogen and oxygen atoms in total. The highest BCUT2D eigenvalue weighted by Crippen LogP contribution is 2.19. The van der Waals surface area contributed by atoms with Gasteiger partial charge < -0.3 is 10.1 Å². The summed E-state index contributed by atoms with van der Waals surface area (Å²) < 4.78 is 5.63. The highest BCUT2D eigenvalue weighted by molar-refractivity contribution is 6.30. The number of hydrogen-bond donors (Lipinski definition) is 2. The zero-order chi connectivity index (χ0) is 19.2. The van der Waals surface area contributed by atoms with Crippen LogP contribution in [0.25, 0.3) is 0 Å². The summed E-state index contributed by atoms with van der Waals surface area (Å²) in [6, 6.07) is 13.0. The molecule has 1 amide bonds. The maximum absolute atomic E-state index is 12.6. The van der Waals surface area contributed by atoms with Crippen LogP contribution in [-0.2, 0) is 4.74 Å². The number of guanidine groups is 1. The minimum atomic E-state index is -0.208. The monoisotopic (exact) mass is 385 g/mol. The van der Waals surface area contributed by atoms with Crippen molar-refractivity contribution in [2.75, 3.05) is 18.5 Å². The molecule has 0 bridgehead atoms. The molecule has 3 rings (SSSR count). The Morgan fingerprint density at radius 2 is 2.00 bits per heavy atom. The van der Waals surface area contributed by atoms with E-state index in [4.69, 9.17) is 16.3 Å². The number of nitrogens with zero attached hydrogens (tertiary/aromatic N) is 1. The Balaban J connectivity index is 1.76. The number of carbonyl (C=O) groups excluding carboxylic acids is 1. The van der Waals surface area contributed by atoms with Crippen LogP contribution < -0.4 is 10.6 Å². The number of aliphatic imine (C=N–C) groups is 1. The summed E-state index contributed by atoms with van der Waals surface area (Å²) in [5.74, 6) is 0.196. The smallest absolute Gasteiger partial charge is 0.257 e. The summed E-state index contributed by atoms with van der Waals surface area (Å²) in [5.41, 5.74) is 3.50. The largest absolute Gasteiger partial charge is 0.376 e. The van der Waals surface area contributed by atoms with E-state index in [1.54, 1.807) is 18.2 Å². The summed E-state index contributed by atoms with van der Waals surface area (Å²) in [6.07, 6.45) is 2.14. The number of anilines is 1. The molecule has 0 aliphatic carbocycles. The molecule has 0 unspecified atom stereocenters. The molecule has 1 heterocycles. The average Bonchev–Trinajstić information content (AvgIpc) is 3.16. The molecule has 0 spiro atoms. The van der Waals surface area contributed by atoms with Crippen LogP contribution >= 0.6 is 11.6 Å². The van der Waals surface area contributed by atoms with Crippen molar-refractivity contribution < 1.29 is 9.53 Å². The minimum absolute atomic E-state index is 0.101. The molecule has 0 radical (unpaired) electrons. The molecule has 2 aromatic rings. The summed E-state index contributed by atoms with van der Waals surface area (Å²) >= 11 is 6.03. The lowest BCUT2D eigenvalue weighted by atomic mass is 10.1. The van der Waals surface area contributed by atoms with Crippen molar-refractivity contribution in [1.29, 1.82) is 0 Å². The summed E-state index contributed by atoms with van der Waals surface area (Å²) in [7, 11) is 0. The van der Waals surface area contributed by atoms with E-state index in [0.717, 1.165) is 36.3 Å². The lowest BCUT2D eigenvalue weighted by Gasteiger charge is -2.15. The van der Waals surface area contributed by atoms with Gasteiger partial charge in [-0.3, -0.25) is 10.1 Å². The highest BCUT2D eigenvalue weighted by atomic mass is 35.5. The second kappa shape index (κ2) is 9.02. The van der Waals surface area contributed by atoms with Gasteiger partial charge in [-0.2, -0.15) is 0 Å². The zero-order valence-corrected chi connectivity index (χ0v) is 16.3. The summed E-state index contributed by atoms with van der Waals surface area (Å²) in [4.78, 5) is 17.2. The predicted molar refractivity (Wildman–Crippen MR) is 110 cm³/mol. The van der Waals surface area contributed by atoms with Crippen molar-refractivity contribution in [1.82, 2.24) is 5.32 Å². The van der Waals surface area contributed by atoms with E-state index in [0.29, 0.717) is 23.1 Å². The quantitative estimate of drug-likeness (QED) is 0.608. The molecule has 1 atom stereocenters. The first-order valence-electron chi connectivity index (χ1n) is 9.08. The second-order valence-corrected chi connectivity index (χ2v) is 7.17. The first-order chi connectivity index (χ1) is 13.0. The highest BCUT2D eigenvalue weighted by Gasteiger charge is 2.16. The van der Waals surface area contributed by atoms with Crippen LogP contribution in [0.5, 0.6) is 0 Å². The van der Waals surface area contributed by atoms with E-state index < -0.39 is 0 Å². The van der Waals surface area contributed by atoms with Crippen molar-refractivity contribution in [2.45, 2.75) is 32.8 Å². The molecule has 0 saturated carbocycles. The van der Waals surface area contributed by atoms with Crippen molar-refractivity contribution in [3.05, 3.63) is 64.2 Å². The Labute approximate surface area is 164 Å². The first kappa shape index (κ1) is 19.4. The number of hydrogen-bond acceptors (Lipinski definition) is 3. The van der Waals surface area contributed by atoms with Crippen LogP contribution in [0.2, 0.25) is 5.02 Å². The van der Waals surface area contributed by atoms with Gasteiger partial charge in [-0.1, -0.05) is 29.3 Å². The van der Waals surface area contributed by atoms with E-state index in [1.807, 2.05) is 38.1 Å². The van der Waals surface area contributed by atoms with Crippen LogP contribution in [0.1, 0.15) is 34.3 Å². The van der Waals surface area contributed by atoms with E-state index in [-0.39, 0.29) is 12.0 Å². The van der Waals surface area contributed by atoms with Gasteiger partial charge in [0.15, 0.2) is 0 Å². The molecule has 0 aromatic heterocycles. The lowest BCUT2D eigenvalue weighted by Crippen LogP contribution is -2.37. The summed E-state index contributed by atoms with van der Waals surface area (Å²) in [5, 5.41) is 6.76. The Hall–Kier alpha value is -2.37. The van der Waals surface area contributed by atoms with Gasteiger partial charge in [0.1, 0.15) is 0 Å². The number of rotatable bonds is 4. The third-order valence-electron chi connectivity index (χ3n) is 4.46. The van der Waals surface area contributed by atoms with Gasteiger partial charge in [0.2, 0.25) is 5.96 Å². The summed E-state index contributed by atoms with van der Waals surface area (Å²) in [6.45, 7) is 5.22. The fourth-order valence-electron chi connectivity index (χ4n) is 2.87. The number of nitrogens with one attached hydrogen (secondary N) is 2. The first-order valence-corrected chi connectivity index (χ1v) is 9.46. The van der Waals surface area contributed by atoms with Crippen LogP contribution in [0.15, 0.2) is 47.5 Å². The SMILES string of the molecule is Cc1ccc(C(=O)NC(=NC[C@H]2CCCO2)Nc2ccc(Cl)cc2C)cc1. The molecule has 1 aliphatic heterocycles. The van der Waals surface area contributed by atoms with Crippen LogP contribution in [-0.4, -0.2) is 31.1 Å². The number of aryl methyl sites for hydroxylation is 2. The van der Waals surface area contributed by atoms with Gasteiger partial charge in [0, 0.05) is 22.9 Å². The van der Waals surface area contributed by atoms with Crippen molar-refractivity contribution in [3.8, 4) is 0 Å². The number of amides is 1. The number of carbonyl (C=O) groups is 1. The molecule has 142 valence electrons. The normalized spacial score (nSPS) is 17.0. The Morgan fingerprint density at radius 1 is 1.22 bits per heavy atom. The van der Waals surface area contributed by atoms with Gasteiger partial charge in [-0.15, -0.1) is 0 Å². The molecular weight excluding hydrogens is 362 g/mol. The zero-order valence-electron chi connectivity index (χ0n) is 15.6. The maximum Gasteiger partial charge on any atom is 0.257 e. The van der Waals surface area contributed by atoms with Crippen molar-refractivity contribution >= 4 is 29.2 Å². The van der Waals surface area contributed by atoms with Gasteiger partial charge >= 0.3 is 0 Å². The Kier molecular flexibility index (Phi) is 6.48. The van der Waals surface area contributed by atoms with Gasteiger partial charge in [-0.25, -0.2) is 4.99 Å². The fourth-order valence-corrected chi connectivity index (χ4v) is 3.10. The van der Waals surface area contributed by atoms with E-state index in [9.17, 15) is 4.79 Å². The molecule has 6 heteroatoms. The molecule has 2 N–H and O–H groups in total. The molecule has 2 aromatic carbocycles. The topological polar surface area (TPSA) is 62.7 Å². The van der Waals surface area contributed by atoms with Crippen LogP contribution in [0.3, 0.4) is 0 Å². The van der Waals surface area contributed by atoms with E-state index in [1.165, 1.54) is 0 Å². The van der Waals surface area contributed by atoms with Crippen LogP contribution in [0.4, 0.5) is 5.69 Å². The second-order valence-electron chi connectivity index (χ2n) is 6.73. The van der Waals surface area contributed by atoms with E-state index >= 15 is 0 Å². The Morgan fingerprint density at radius 3 is 2.67 bits per heavy atom. The molecule has 1 aliphatic rings. The predicted octanol–water partition coefficient (Wildman–Crippen LogP) is 4.33. The van der Waals surface area contributed by atoms with Gasteiger partial charge in [0.25, 0.3) is 5.91 Å². The van der Waals surface area contributed by atoms with Crippen molar-refractivity contribution in [2.24, 2.45) is 4.99 Å². The molecule has 1 fully saturated rings. The standard InChI is InChI=1S/C21H24ClN3O2/c1-14-5-7-16(8-6-14)20(26)25-21(23-13-18-4-3-11-27-18)24-19-10-9-17(22)12-15(19)2/h5-10,12,18H,3-4,11,13H2,1-2H3,(H2,23,24,25,26)/t18-/m1/s1. The minimum Gasteiger partial charge on any atom is -0.376 e. The maximum atomic E-state index is 12.6. The van der Waals surface area contributed by atoms with Gasteiger partial charge in [-0.05, 0) is 62.6 Å². The molecule has 1 saturated heterocycles.